The molecule has 2 fully saturated rings. The molecule has 2 aromatic rings. The van der Waals surface area contributed by atoms with Gasteiger partial charge in [0.05, 0.1) is 20.3 Å². The van der Waals surface area contributed by atoms with Gasteiger partial charge in [-0.3, -0.25) is 14.5 Å². The molecule has 4 rings (SSSR count). The summed E-state index contributed by atoms with van der Waals surface area (Å²) in [5.74, 6) is 1.84. The van der Waals surface area contributed by atoms with Crippen LogP contribution in [0.4, 0.5) is 5.69 Å². The Kier molecular flexibility index (Phi) is 7.50. The van der Waals surface area contributed by atoms with Crippen LogP contribution in [0.1, 0.15) is 36.0 Å². The summed E-state index contributed by atoms with van der Waals surface area (Å²) >= 11 is 0. The van der Waals surface area contributed by atoms with Crippen molar-refractivity contribution in [1.82, 2.24) is 9.80 Å². The molecule has 0 bridgehead atoms. The molecule has 2 aliphatic rings. The van der Waals surface area contributed by atoms with Gasteiger partial charge in [-0.05, 0) is 61.2 Å². The Morgan fingerprint density at radius 1 is 0.909 bits per heavy atom. The Morgan fingerprint density at radius 3 is 2.21 bits per heavy atom. The number of ether oxygens (including phenoxy) is 2. The van der Waals surface area contributed by atoms with Gasteiger partial charge < -0.3 is 19.7 Å². The van der Waals surface area contributed by atoms with Gasteiger partial charge >= 0.3 is 0 Å². The maximum atomic E-state index is 13.4. The molecule has 1 saturated carbocycles. The van der Waals surface area contributed by atoms with Crippen LogP contribution in [-0.2, 0) is 4.79 Å². The minimum Gasteiger partial charge on any atom is -0.497 e. The van der Waals surface area contributed by atoms with Gasteiger partial charge in [-0.15, -0.1) is 0 Å². The van der Waals surface area contributed by atoms with Crippen molar-refractivity contribution in [2.24, 2.45) is 5.92 Å². The highest BCUT2D eigenvalue weighted by Gasteiger charge is 2.37. The molecule has 1 aliphatic carbocycles. The van der Waals surface area contributed by atoms with Crippen LogP contribution in [0.3, 0.4) is 0 Å². The van der Waals surface area contributed by atoms with E-state index >= 15 is 0 Å². The minimum atomic E-state index is -0.177. The van der Waals surface area contributed by atoms with Crippen molar-refractivity contribution in [3.8, 4) is 11.5 Å². The first kappa shape index (κ1) is 23.1. The molecular formula is C26H33N3O4. The van der Waals surface area contributed by atoms with Gasteiger partial charge in [-0.25, -0.2) is 0 Å². The smallest absolute Gasteiger partial charge is 0.254 e. The SMILES string of the molecule is COc1ccc(NC(=O)[C@H](C2CCCC2)N2CCN(C(=O)c3cccc(OC)c3)CC2)cc1. The van der Waals surface area contributed by atoms with E-state index in [1.54, 1.807) is 20.3 Å². The average Bonchev–Trinajstić information content (AvgIpc) is 3.39. The molecule has 1 N–H and O–H groups in total. The Hall–Kier alpha value is -3.06. The number of hydrogen-bond donors (Lipinski definition) is 1. The van der Waals surface area contributed by atoms with Crippen molar-refractivity contribution < 1.29 is 19.1 Å². The van der Waals surface area contributed by atoms with Gasteiger partial charge in [-0.2, -0.15) is 0 Å². The van der Waals surface area contributed by atoms with Gasteiger partial charge in [0.2, 0.25) is 5.91 Å². The molecule has 0 unspecified atom stereocenters. The zero-order valence-electron chi connectivity index (χ0n) is 19.5. The average molecular weight is 452 g/mol. The van der Waals surface area contributed by atoms with E-state index < -0.39 is 0 Å². The van der Waals surface area contributed by atoms with Crippen LogP contribution in [0.2, 0.25) is 0 Å². The maximum absolute atomic E-state index is 13.4. The van der Waals surface area contributed by atoms with Crippen LogP contribution in [-0.4, -0.2) is 68.1 Å². The summed E-state index contributed by atoms with van der Waals surface area (Å²) in [7, 11) is 3.23. The molecule has 2 amide bonds. The third-order valence-corrected chi connectivity index (χ3v) is 6.78. The summed E-state index contributed by atoms with van der Waals surface area (Å²) in [6.45, 7) is 2.59. The number of benzene rings is 2. The number of amides is 2. The predicted molar refractivity (Wildman–Crippen MR) is 128 cm³/mol. The number of anilines is 1. The molecule has 1 atom stereocenters. The van der Waals surface area contributed by atoms with Crippen LogP contribution in [0.5, 0.6) is 11.5 Å². The number of piperazine rings is 1. The molecule has 7 heteroatoms. The lowest BCUT2D eigenvalue weighted by molar-refractivity contribution is -0.123. The molecule has 1 aliphatic heterocycles. The van der Waals surface area contributed by atoms with Crippen molar-refractivity contribution in [1.29, 1.82) is 0 Å². The van der Waals surface area contributed by atoms with Crippen molar-refractivity contribution in [3.05, 3.63) is 54.1 Å². The Balaban J connectivity index is 1.42. The Morgan fingerprint density at radius 2 is 1.58 bits per heavy atom. The van der Waals surface area contributed by atoms with Crippen LogP contribution in [0, 0.1) is 5.92 Å². The second-order valence-electron chi connectivity index (χ2n) is 8.77. The molecule has 176 valence electrons. The molecule has 2 aromatic carbocycles. The van der Waals surface area contributed by atoms with Crippen LogP contribution in [0.25, 0.3) is 0 Å². The topological polar surface area (TPSA) is 71.1 Å². The van der Waals surface area contributed by atoms with E-state index in [2.05, 4.69) is 10.2 Å². The largest absolute Gasteiger partial charge is 0.497 e. The number of nitrogens with one attached hydrogen (secondary N) is 1. The van der Waals surface area contributed by atoms with E-state index in [0.717, 1.165) is 24.3 Å². The fraction of sp³-hybridized carbons (Fsp3) is 0.462. The zero-order chi connectivity index (χ0) is 23.2. The first-order valence-corrected chi connectivity index (χ1v) is 11.7. The molecule has 0 radical (unpaired) electrons. The van der Waals surface area contributed by atoms with Gasteiger partial charge in [0.1, 0.15) is 11.5 Å². The number of methoxy groups -OCH3 is 2. The second-order valence-corrected chi connectivity index (χ2v) is 8.77. The predicted octanol–water partition coefficient (Wildman–Crippen LogP) is 3.66. The van der Waals surface area contributed by atoms with Crippen molar-refractivity contribution in [3.63, 3.8) is 0 Å². The summed E-state index contributed by atoms with van der Waals surface area (Å²) in [5.41, 5.74) is 1.41. The summed E-state index contributed by atoms with van der Waals surface area (Å²) < 4.78 is 10.5. The molecular weight excluding hydrogens is 418 g/mol. The van der Waals surface area contributed by atoms with E-state index in [0.29, 0.717) is 43.4 Å². The standard InChI is InChI=1S/C26H33N3O4/c1-32-22-12-10-21(11-13-22)27-25(30)24(19-6-3-4-7-19)28-14-16-29(17-15-28)26(31)20-8-5-9-23(18-20)33-2/h5,8-13,18-19,24H,3-4,6-7,14-17H2,1-2H3,(H,27,30)/t24-/m0/s1. The van der Waals surface area contributed by atoms with Crippen LogP contribution >= 0.6 is 0 Å². The lowest BCUT2D eigenvalue weighted by Gasteiger charge is -2.40. The normalized spacial score (nSPS) is 18.1. The molecule has 33 heavy (non-hydrogen) atoms. The summed E-state index contributed by atoms with van der Waals surface area (Å²) in [4.78, 5) is 30.5. The first-order chi connectivity index (χ1) is 16.1. The summed E-state index contributed by atoms with van der Waals surface area (Å²) in [6.07, 6.45) is 4.49. The van der Waals surface area contributed by atoms with Crippen molar-refractivity contribution in [2.75, 3.05) is 45.7 Å². The number of hydrogen-bond acceptors (Lipinski definition) is 5. The minimum absolute atomic E-state index is 0.00801. The Bertz CT molecular complexity index is 948. The number of nitrogens with zero attached hydrogens (tertiary/aromatic N) is 2. The molecule has 1 saturated heterocycles. The first-order valence-electron chi connectivity index (χ1n) is 11.7. The van der Waals surface area contributed by atoms with Crippen LogP contribution in [0.15, 0.2) is 48.5 Å². The van der Waals surface area contributed by atoms with Gasteiger partial charge in [-0.1, -0.05) is 18.9 Å². The fourth-order valence-corrected chi connectivity index (χ4v) is 4.98. The monoisotopic (exact) mass is 451 g/mol. The lowest BCUT2D eigenvalue weighted by atomic mass is 9.94. The van der Waals surface area contributed by atoms with Gasteiger partial charge in [0, 0.05) is 37.4 Å². The molecule has 0 aromatic heterocycles. The lowest BCUT2D eigenvalue weighted by Crippen LogP contribution is -2.56. The van der Waals surface area contributed by atoms with E-state index in [1.807, 2.05) is 47.4 Å². The fourth-order valence-electron chi connectivity index (χ4n) is 4.98. The van der Waals surface area contributed by atoms with Gasteiger partial charge in [0.15, 0.2) is 0 Å². The van der Waals surface area contributed by atoms with Crippen molar-refractivity contribution in [2.45, 2.75) is 31.7 Å². The highest BCUT2D eigenvalue weighted by molar-refractivity contribution is 5.96. The highest BCUT2D eigenvalue weighted by Crippen LogP contribution is 2.32. The van der Waals surface area contributed by atoms with Gasteiger partial charge in [0.25, 0.3) is 5.91 Å². The highest BCUT2D eigenvalue weighted by atomic mass is 16.5. The maximum Gasteiger partial charge on any atom is 0.254 e. The van der Waals surface area contributed by atoms with E-state index in [-0.39, 0.29) is 17.9 Å². The Labute approximate surface area is 195 Å². The third kappa shape index (κ3) is 5.47. The number of rotatable bonds is 7. The third-order valence-electron chi connectivity index (χ3n) is 6.78. The summed E-state index contributed by atoms with van der Waals surface area (Å²) in [6, 6.07) is 14.5. The second kappa shape index (κ2) is 10.7. The van der Waals surface area contributed by atoms with Crippen molar-refractivity contribution >= 4 is 17.5 Å². The zero-order valence-corrected chi connectivity index (χ0v) is 19.5. The van der Waals surface area contributed by atoms with Crippen LogP contribution < -0.4 is 14.8 Å². The van der Waals surface area contributed by atoms with E-state index in [1.165, 1.54) is 12.8 Å². The molecule has 0 spiro atoms. The molecule has 7 nitrogen and oxygen atoms in total. The quantitative estimate of drug-likeness (QED) is 0.696. The number of carbonyl (C=O) groups excluding carboxylic acids is 2. The van der Waals surface area contributed by atoms with E-state index in [9.17, 15) is 9.59 Å². The van der Waals surface area contributed by atoms with E-state index in [4.69, 9.17) is 9.47 Å². The molecule has 1 heterocycles. The summed E-state index contributed by atoms with van der Waals surface area (Å²) in [5, 5.41) is 3.11. The number of carbonyl (C=O) groups is 2.